The number of hydrogen-bond acceptors (Lipinski definition) is 2. The summed E-state index contributed by atoms with van der Waals surface area (Å²) in [6, 6.07) is 5.37. The molecule has 5 heteroatoms. The summed E-state index contributed by atoms with van der Waals surface area (Å²) in [5.41, 5.74) is 0.210. The van der Waals surface area contributed by atoms with E-state index in [1.807, 2.05) is 6.07 Å². The minimum absolute atomic E-state index is 0.0257. The zero-order valence-electron chi connectivity index (χ0n) is 14.3. The smallest absolute Gasteiger partial charge is 0.315 e. The van der Waals surface area contributed by atoms with Crippen LogP contribution in [0.15, 0.2) is 29.2 Å². The van der Waals surface area contributed by atoms with E-state index >= 15 is 0 Å². The first kappa shape index (κ1) is 17.6. The molecule has 0 radical (unpaired) electrons. The van der Waals surface area contributed by atoms with Gasteiger partial charge >= 0.3 is 6.03 Å². The summed E-state index contributed by atoms with van der Waals surface area (Å²) in [5.74, 6) is 0. The van der Waals surface area contributed by atoms with Gasteiger partial charge in [-0.3, -0.25) is 4.79 Å². The fourth-order valence-electron chi connectivity index (χ4n) is 3.23. The summed E-state index contributed by atoms with van der Waals surface area (Å²) in [5, 5.41) is 6.05. The van der Waals surface area contributed by atoms with Gasteiger partial charge in [0.15, 0.2) is 0 Å². The van der Waals surface area contributed by atoms with Gasteiger partial charge in [0.2, 0.25) is 5.56 Å². The molecule has 0 saturated heterocycles. The van der Waals surface area contributed by atoms with Crippen LogP contribution in [0.25, 0.3) is 0 Å². The first-order chi connectivity index (χ1) is 11.0. The molecule has 1 aliphatic rings. The van der Waals surface area contributed by atoms with Crippen molar-refractivity contribution in [2.45, 2.75) is 65.0 Å². The van der Waals surface area contributed by atoms with E-state index in [0.29, 0.717) is 13.1 Å². The lowest BCUT2D eigenvalue weighted by atomic mass is 9.73. The van der Waals surface area contributed by atoms with E-state index in [4.69, 9.17) is 0 Å². The Morgan fingerprint density at radius 1 is 1.30 bits per heavy atom. The van der Waals surface area contributed by atoms with Crippen molar-refractivity contribution in [3.8, 4) is 0 Å². The molecule has 1 atom stereocenters. The summed E-state index contributed by atoms with van der Waals surface area (Å²) >= 11 is 0. The lowest BCUT2D eigenvalue weighted by Gasteiger charge is -2.38. The van der Waals surface area contributed by atoms with Gasteiger partial charge in [0.05, 0.1) is 0 Å². The van der Waals surface area contributed by atoms with Crippen molar-refractivity contribution >= 4 is 6.03 Å². The number of aryl methyl sites for hydroxylation is 1. The highest BCUT2D eigenvalue weighted by molar-refractivity contribution is 5.74. The Kier molecular flexibility index (Phi) is 6.25. The highest BCUT2D eigenvalue weighted by Gasteiger charge is 2.32. The van der Waals surface area contributed by atoms with Crippen LogP contribution in [-0.2, 0) is 6.54 Å². The maximum atomic E-state index is 12.0. The topological polar surface area (TPSA) is 63.1 Å². The summed E-state index contributed by atoms with van der Waals surface area (Å²) in [7, 11) is 0. The molecule has 128 valence electrons. The second-order valence-electron chi connectivity index (χ2n) is 7.13. The Hall–Kier alpha value is -1.78. The molecule has 23 heavy (non-hydrogen) atoms. The molecule has 2 rings (SSSR count). The Morgan fingerprint density at radius 3 is 2.87 bits per heavy atom. The van der Waals surface area contributed by atoms with Gasteiger partial charge in [0, 0.05) is 31.4 Å². The molecule has 0 aliphatic heterocycles. The molecule has 1 saturated carbocycles. The maximum absolute atomic E-state index is 12.0. The third kappa shape index (κ3) is 5.41. The number of amides is 2. The highest BCUT2D eigenvalue weighted by atomic mass is 16.2. The number of carbonyl (C=O) groups excluding carboxylic acids is 1. The van der Waals surface area contributed by atoms with Crippen LogP contribution in [0.5, 0.6) is 0 Å². The lowest BCUT2D eigenvalue weighted by Crippen LogP contribution is -2.50. The molecule has 1 fully saturated rings. The molecule has 0 bridgehead atoms. The number of unbranched alkanes of at least 4 members (excludes halogenated alkanes) is 1. The third-order valence-electron chi connectivity index (χ3n) is 4.82. The molecule has 1 aliphatic carbocycles. The standard InChI is InChI=1S/C18H29N3O2/c1-18(2)11-5-3-9-15(18)20-17(23)19-12-6-8-14-21-13-7-4-10-16(21)22/h4,7,10,13,15H,3,5-6,8-9,11-12,14H2,1-2H3,(H2,19,20,23)/t15-/m1/s1. The van der Waals surface area contributed by atoms with Crippen molar-refractivity contribution < 1.29 is 4.79 Å². The average molecular weight is 319 g/mol. The van der Waals surface area contributed by atoms with E-state index in [9.17, 15) is 9.59 Å². The van der Waals surface area contributed by atoms with E-state index in [0.717, 1.165) is 19.3 Å². The fraction of sp³-hybridized carbons (Fsp3) is 0.667. The van der Waals surface area contributed by atoms with Crippen LogP contribution in [0.1, 0.15) is 52.4 Å². The first-order valence-electron chi connectivity index (χ1n) is 8.69. The molecule has 1 aromatic heterocycles. The molecule has 1 heterocycles. The number of rotatable bonds is 6. The summed E-state index contributed by atoms with van der Waals surface area (Å²) < 4.78 is 1.70. The van der Waals surface area contributed by atoms with E-state index < -0.39 is 0 Å². The van der Waals surface area contributed by atoms with Gasteiger partial charge in [-0.15, -0.1) is 0 Å². The van der Waals surface area contributed by atoms with E-state index in [1.165, 1.54) is 19.3 Å². The van der Waals surface area contributed by atoms with Gasteiger partial charge < -0.3 is 15.2 Å². The Labute approximate surface area is 138 Å². The van der Waals surface area contributed by atoms with E-state index in [2.05, 4.69) is 24.5 Å². The molecular weight excluding hydrogens is 290 g/mol. The van der Waals surface area contributed by atoms with Crippen LogP contribution < -0.4 is 16.2 Å². The van der Waals surface area contributed by atoms with Gasteiger partial charge in [-0.25, -0.2) is 4.79 Å². The third-order valence-corrected chi connectivity index (χ3v) is 4.82. The zero-order chi connectivity index (χ0) is 16.7. The molecule has 5 nitrogen and oxygen atoms in total. The monoisotopic (exact) mass is 319 g/mol. The van der Waals surface area contributed by atoms with Gasteiger partial charge in [-0.1, -0.05) is 32.8 Å². The molecule has 0 unspecified atom stereocenters. The van der Waals surface area contributed by atoms with Crippen molar-refractivity contribution in [1.82, 2.24) is 15.2 Å². The van der Waals surface area contributed by atoms with Crippen LogP contribution in [0.2, 0.25) is 0 Å². The number of nitrogens with zero attached hydrogens (tertiary/aromatic N) is 1. The second-order valence-corrected chi connectivity index (χ2v) is 7.13. The average Bonchev–Trinajstić information content (AvgIpc) is 2.51. The largest absolute Gasteiger partial charge is 0.338 e. The normalized spacial score (nSPS) is 20.0. The van der Waals surface area contributed by atoms with Crippen LogP contribution in [0.3, 0.4) is 0 Å². The fourth-order valence-corrected chi connectivity index (χ4v) is 3.23. The van der Waals surface area contributed by atoms with Gasteiger partial charge in [0.1, 0.15) is 0 Å². The quantitative estimate of drug-likeness (QED) is 0.792. The number of nitrogens with one attached hydrogen (secondary N) is 2. The zero-order valence-corrected chi connectivity index (χ0v) is 14.3. The Balaban J connectivity index is 1.63. The van der Waals surface area contributed by atoms with E-state index in [-0.39, 0.29) is 23.0 Å². The Bertz CT molecular complexity index is 565. The molecular formula is C18H29N3O2. The van der Waals surface area contributed by atoms with Crippen LogP contribution >= 0.6 is 0 Å². The van der Waals surface area contributed by atoms with Gasteiger partial charge in [-0.05, 0) is 37.2 Å². The van der Waals surface area contributed by atoms with Gasteiger partial charge in [0.25, 0.3) is 0 Å². The molecule has 0 aromatic carbocycles. The predicted octanol–water partition coefficient (Wildman–Crippen LogP) is 2.90. The first-order valence-corrected chi connectivity index (χ1v) is 8.69. The SMILES string of the molecule is CC1(C)CCCC[C@H]1NC(=O)NCCCCn1ccccc1=O. The van der Waals surface area contributed by atoms with Crippen molar-refractivity contribution in [1.29, 1.82) is 0 Å². The molecule has 2 amide bonds. The molecule has 0 spiro atoms. The molecule has 1 aromatic rings. The number of carbonyl (C=O) groups is 1. The number of aromatic nitrogens is 1. The van der Waals surface area contributed by atoms with Gasteiger partial charge in [-0.2, -0.15) is 0 Å². The summed E-state index contributed by atoms with van der Waals surface area (Å²) in [6.07, 6.45) is 8.22. The minimum atomic E-state index is -0.0677. The van der Waals surface area contributed by atoms with Crippen molar-refractivity contribution in [2.24, 2.45) is 5.41 Å². The van der Waals surface area contributed by atoms with Crippen molar-refractivity contribution in [3.05, 3.63) is 34.7 Å². The summed E-state index contributed by atoms with van der Waals surface area (Å²) in [6.45, 7) is 5.79. The van der Waals surface area contributed by atoms with E-state index in [1.54, 1.807) is 22.9 Å². The summed E-state index contributed by atoms with van der Waals surface area (Å²) in [4.78, 5) is 23.6. The highest BCUT2D eigenvalue weighted by Crippen LogP contribution is 2.35. The predicted molar refractivity (Wildman–Crippen MR) is 92.5 cm³/mol. The van der Waals surface area contributed by atoms with Crippen molar-refractivity contribution in [2.75, 3.05) is 6.54 Å². The number of urea groups is 1. The number of pyridine rings is 1. The van der Waals surface area contributed by atoms with Crippen LogP contribution in [0.4, 0.5) is 4.79 Å². The van der Waals surface area contributed by atoms with Crippen LogP contribution in [0, 0.1) is 5.41 Å². The van der Waals surface area contributed by atoms with Crippen LogP contribution in [-0.4, -0.2) is 23.2 Å². The maximum Gasteiger partial charge on any atom is 0.315 e. The minimum Gasteiger partial charge on any atom is -0.338 e. The van der Waals surface area contributed by atoms with Crippen molar-refractivity contribution in [3.63, 3.8) is 0 Å². The number of hydrogen-bond donors (Lipinski definition) is 2. The Morgan fingerprint density at radius 2 is 2.13 bits per heavy atom. The second kappa shape index (κ2) is 8.18. The molecule has 2 N–H and O–H groups in total. The lowest BCUT2D eigenvalue weighted by molar-refractivity contribution is 0.166.